The van der Waals surface area contributed by atoms with Gasteiger partial charge in [-0.2, -0.15) is 18.3 Å². The van der Waals surface area contributed by atoms with Crippen molar-refractivity contribution < 1.29 is 17.6 Å². The van der Waals surface area contributed by atoms with Gasteiger partial charge in [0.05, 0.1) is 11.8 Å². The number of rotatable bonds is 3. The standard InChI is InChI=1S/C12H11F4N3/c1-17-5-8-3-2-4-10(13)11(8)19-7-9(6-18-19)12(14,15)16/h2-4,6-7,17H,5H2,1H3. The fourth-order valence-electron chi connectivity index (χ4n) is 1.74. The monoisotopic (exact) mass is 273 g/mol. The Kier molecular flexibility index (Phi) is 3.57. The first-order chi connectivity index (χ1) is 8.93. The number of para-hydroxylation sites is 1. The number of nitrogens with one attached hydrogen (secondary N) is 1. The molecule has 0 aliphatic carbocycles. The van der Waals surface area contributed by atoms with Gasteiger partial charge in [0.15, 0.2) is 0 Å². The first kappa shape index (κ1) is 13.5. The van der Waals surface area contributed by atoms with Gasteiger partial charge in [-0.1, -0.05) is 12.1 Å². The van der Waals surface area contributed by atoms with Crippen molar-refractivity contribution in [3.05, 3.63) is 47.5 Å². The summed E-state index contributed by atoms with van der Waals surface area (Å²) >= 11 is 0. The third-order valence-corrected chi connectivity index (χ3v) is 2.58. The molecule has 1 N–H and O–H groups in total. The van der Waals surface area contributed by atoms with Crippen molar-refractivity contribution in [2.75, 3.05) is 7.05 Å². The van der Waals surface area contributed by atoms with Gasteiger partial charge in [-0.05, 0) is 18.7 Å². The molecular weight excluding hydrogens is 262 g/mol. The highest BCUT2D eigenvalue weighted by Gasteiger charge is 2.32. The fourth-order valence-corrected chi connectivity index (χ4v) is 1.74. The Balaban J connectivity index is 2.49. The Morgan fingerprint density at radius 2 is 2.05 bits per heavy atom. The van der Waals surface area contributed by atoms with Crippen LogP contribution in [0.2, 0.25) is 0 Å². The third-order valence-electron chi connectivity index (χ3n) is 2.58. The molecule has 1 aromatic heterocycles. The van der Waals surface area contributed by atoms with Crippen molar-refractivity contribution in [1.82, 2.24) is 15.1 Å². The summed E-state index contributed by atoms with van der Waals surface area (Å²) < 4.78 is 52.2. The zero-order valence-electron chi connectivity index (χ0n) is 10.0. The summed E-state index contributed by atoms with van der Waals surface area (Å²) in [4.78, 5) is 0. The number of benzene rings is 1. The highest BCUT2D eigenvalue weighted by Crippen LogP contribution is 2.30. The minimum atomic E-state index is -4.49. The van der Waals surface area contributed by atoms with Crippen LogP contribution in [0.4, 0.5) is 17.6 Å². The topological polar surface area (TPSA) is 29.9 Å². The van der Waals surface area contributed by atoms with Crippen LogP contribution in [-0.2, 0) is 12.7 Å². The van der Waals surface area contributed by atoms with E-state index in [0.29, 0.717) is 18.3 Å². The lowest BCUT2D eigenvalue weighted by molar-refractivity contribution is -0.137. The highest BCUT2D eigenvalue weighted by molar-refractivity contribution is 5.42. The second kappa shape index (κ2) is 5.00. The first-order valence-corrected chi connectivity index (χ1v) is 5.47. The van der Waals surface area contributed by atoms with E-state index in [-0.39, 0.29) is 5.69 Å². The molecule has 0 radical (unpaired) electrons. The minimum Gasteiger partial charge on any atom is -0.316 e. The van der Waals surface area contributed by atoms with E-state index in [1.165, 1.54) is 12.1 Å². The van der Waals surface area contributed by atoms with E-state index in [9.17, 15) is 17.6 Å². The Bertz CT molecular complexity index is 575. The molecule has 0 aliphatic heterocycles. The summed E-state index contributed by atoms with van der Waals surface area (Å²) in [6, 6.07) is 4.31. The van der Waals surface area contributed by atoms with E-state index >= 15 is 0 Å². The van der Waals surface area contributed by atoms with Crippen molar-refractivity contribution in [3.8, 4) is 5.69 Å². The zero-order valence-corrected chi connectivity index (χ0v) is 10.0. The normalized spacial score (nSPS) is 11.8. The number of aromatic nitrogens is 2. The van der Waals surface area contributed by atoms with Gasteiger partial charge in [0.1, 0.15) is 11.5 Å². The molecule has 0 bridgehead atoms. The van der Waals surface area contributed by atoms with E-state index in [1.54, 1.807) is 13.1 Å². The molecule has 1 aromatic carbocycles. The number of halogens is 4. The molecule has 19 heavy (non-hydrogen) atoms. The quantitative estimate of drug-likeness (QED) is 0.871. The van der Waals surface area contributed by atoms with Crippen molar-refractivity contribution >= 4 is 0 Å². The number of alkyl halides is 3. The molecule has 0 fully saturated rings. The number of hydrogen-bond acceptors (Lipinski definition) is 2. The molecule has 102 valence electrons. The Morgan fingerprint density at radius 3 is 2.63 bits per heavy atom. The Morgan fingerprint density at radius 1 is 1.32 bits per heavy atom. The molecule has 2 aromatic rings. The lowest BCUT2D eigenvalue weighted by Gasteiger charge is -2.10. The summed E-state index contributed by atoms with van der Waals surface area (Å²) in [5.41, 5.74) is -0.363. The van der Waals surface area contributed by atoms with Crippen molar-refractivity contribution in [1.29, 1.82) is 0 Å². The van der Waals surface area contributed by atoms with Gasteiger partial charge >= 0.3 is 6.18 Å². The molecule has 0 atom stereocenters. The molecule has 0 saturated heterocycles. The van der Waals surface area contributed by atoms with Gasteiger partial charge in [0.25, 0.3) is 0 Å². The number of hydrogen-bond donors (Lipinski definition) is 1. The van der Waals surface area contributed by atoms with Crippen LogP contribution in [0.5, 0.6) is 0 Å². The molecule has 0 amide bonds. The first-order valence-electron chi connectivity index (χ1n) is 5.47. The van der Waals surface area contributed by atoms with E-state index in [0.717, 1.165) is 10.9 Å². The van der Waals surface area contributed by atoms with Gasteiger partial charge in [0, 0.05) is 12.7 Å². The van der Waals surface area contributed by atoms with E-state index in [1.807, 2.05) is 0 Å². The van der Waals surface area contributed by atoms with Crippen LogP contribution in [0.3, 0.4) is 0 Å². The summed E-state index contributed by atoms with van der Waals surface area (Å²) in [5.74, 6) is -0.621. The Hall–Kier alpha value is -1.89. The van der Waals surface area contributed by atoms with Crippen molar-refractivity contribution in [2.45, 2.75) is 12.7 Å². The number of nitrogens with zero attached hydrogens (tertiary/aromatic N) is 2. The molecule has 0 saturated carbocycles. The smallest absolute Gasteiger partial charge is 0.316 e. The lowest BCUT2D eigenvalue weighted by Crippen LogP contribution is -2.11. The minimum absolute atomic E-state index is 0.0207. The second-order valence-electron chi connectivity index (χ2n) is 3.95. The fraction of sp³-hybridized carbons (Fsp3) is 0.250. The van der Waals surface area contributed by atoms with Crippen molar-refractivity contribution in [2.24, 2.45) is 0 Å². The maximum Gasteiger partial charge on any atom is 0.419 e. The Labute approximate surface area is 106 Å². The summed E-state index contributed by atoms with van der Waals surface area (Å²) in [6.07, 6.45) is -3.04. The zero-order chi connectivity index (χ0) is 14.0. The van der Waals surface area contributed by atoms with Gasteiger partial charge in [-0.25, -0.2) is 9.07 Å². The van der Waals surface area contributed by atoms with Gasteiger partial charge in [-0.15, -0.1) is 0 Å². The molecule has 0 aliphatic rings. The molecule has 0 unspecified atom stereocenters. The van der Waals surface area contributed by atoms with Crippen LogP contribution < -0.4 is 5.32 Å². The van der Waals surface area contributed by atoms with E-state index in [4.69, 9.17) is 0 Å². The van der Waals surface area contributed by atoms with E-state index < -0.39 is 17.6 Å². The maximum atomic E-state index is 13.8. The SMILES string of the molecule is CNCc1cccc(F)c1-n1cc(C(F)(F)F)cn1. The van der Waals surface area contributed by atoms with Crippen LogP contribution in [-0.4, -0.2) is 16.8 Å². The van der Waals surface area contributed by atoms with Crippen LogP contribution in [0.15, 0.2) is 30.6 Å². The lowest BCUT2D eigenvalue weighted by atomic mass is 10.1. The summed E-state index contributed by atoms with van der Waals surface area (Å²) in [6.45, 7) is 0.328. The maximum absolute atomic E-state index is 13.8. The summed E-state index contributed by atoms with van der Waals surface area (Å²) in [7, 11) is 1.67. The van der Waals surface area contributed by atoms with Gasteiger partial charge in [-0.3, -0.25) is 0 Å². The molecule has 2 rings (SSSR count). The predicted octanol–water partition coefficient (Wildman–Crippen LogP) is 2.75. The van der Waals surface area contributed by atoms with Gasteiger partial charge in [0.2, 0.25) is 0 Å². The molecule has 7 heteroatoms. The van der Waals surface area contributed by atoms with Crippen LogP contribution >= 0.6 is 0 Å². The second-order valence-corrected chi connectivity index (χ2v) is 3.95. The van der Waals surface area contributed by atoms with Crippen LogP contribution in [0.1, 0.15) is 11.1 Å². The molecule has 1 heterocycles. The highest BCUT2D eigenvalue weighted by atomic mass is 19.4. The molecule has 0 spiro atoms. The third kappa shape index (κ3) is 2.76. The average molecular weight is 273 g/mol. The van der Waals surface area contributed by atoms with Crippen molar-refractivity contribution in [3.63, 3.8) is 0 Å². The average Bonchev–Trinajstić information content (AvgIpc) is 2.78. The van der Waals surface area contributed by atoms with Crippen LogP contribution in [0.25, 0.3) is 5.69 Å². The summed E-state index contributed by atoms with van der Waals surface area (Å²) in [5, 5.41) is 6.41. The van der Waals surface area contributed by atoms with Gasteiger partial charge < -0.3 is 5.32 Å². The molecule has 3 nitrogen and oxygen atoms in total. The predicted molar refractivity (Wildman–Crippen MR) is 61.3 cm³/mol. The van der Waals surface area contributed by atoms with Crippen LogP contribution in [0, 0.1) is 5.82 Å². The van der Waals surface area contributed by atoms with E-state index in [2.05, 4.69) is 10.4 Å². The molecular formula is C12H11F4N3. The largest absolute Gasteiger partial charge is 0.419 e.